The van der Waals surface area contributed by atoms with E-state index in [0.29, 0.717) is 19.3 Å². The van der Waals surface area contributed by atoms with Crippen molar-refractivity contribution >= 4 is 17.9 Å². The third-order valence-corrected chi connectivity index (χ3v) is 10.5. The van der Waals surface area contributed by atoms with E-state index in [1.807, 2.05) is 0 Å². The normalized spacial score (nSPS) is 12.1. The van der Waals surface area contributed by atoms with Crippen LogP contribution >= 0.6 is 0 Å². The van der Waals surface area contributed by atoms with Crippen LogP contribution in [-0.2, 0) is 28.6 Å². The fourth-order valence-corrected chi connectivity index (χ4v) is 6.81. The molecule has 0 aliphatic carbocycles. The van der Waals surface area contributed by atoms with Gasteiger partial charge in [0.25, 0.3) is 0 Å². The van der Waals surface area contributed by atoms with Crippen LogP contribution in [0.2, 0.25) is 0 Å². The van der Waals surface area contributed by atoms with E-state index >= 15 is 0 Å². The van der Waals surface area contributed by atoms with Crippen LogP contribution in [0.1, 0.15) is 252 Å². The smallest absolute Gasteiger partial charge is 0.306 e. The molecule has 0 aromatic heterocycles. The highest BCUT2D eigenvalue weighted by Crippen LogP contribution is 2.15. The second-order valence-corrected chi connectivity index (χ2v) is 16.0. The lowest BCUT2D eigenvalue weighted by Gasteiger charge is -2.18. The molecule has 0 N–H and O–H groups in total. The molecule has 0 fully saturated rings. The van der Waals surface area contributed by atoms with Crippen LogP contribution in [0.4, 0.5) is 0 Å². The van der Waals surface area contributed by atoms with Crippen LogP contribution in [0.25, 0.3) is 0 Å². The Morgan fingerprint density at radius 3 is 1.05 bits per heavy atom. The van der Waals surface area contributed by atoms with Crippen molar-refractivity contribution in [3.05, 3.63) is 24.3 Å². The van der Waals surface area contributed by atoms with Gasteiger partial charge in [-0.05, 0) is 44.9 Å². The summed E-state index contributed by atoms with van der Waals surface area (Å²) in [7, 11) is 0. The monoisotopic (exact) mass is 775 g/mol. The molecule has 0 saturated carbocycles. The molecule has 0 aromatic carbocycles. The number of carbonyl (C=O) groups excluding carboxylic acids is 3. The lowest BCUT2D eigenvalue weighted by molar-refractivity contribution is -0.167. The maximum atomic E-state index is 12.7. The predicted octanol–water partition coefficient (Wildman–Crippen LogP) is 15.2. The molecule has 0 aliphatic heterocycles. The first-order valence-electron chi connectivity index (χ1n) is 23.8. The summed E-state index contributed by atoms with van der Waals surface area (Å²) in [6.45, 7) is 6.58. The molecule has 0 amide bonds. The second kappa shape index (κ2) is 44.6. The molecule has 0 heterocycles. The number of ether oxygens (including phenoxy) is 3. The molecule has 1 atom stereocenters. The highest BCUT2D eigenvalue weighted by Gasteiger charge is 2.19. The maximum Gasteiger partial charge on any atom is 0.306 e. The number of rotatable bonds is 43. The Bertz CT molecular complexity index is 896. The Morgan fingerprint density at radius 1 is 0.364 bits per heavy atom. The molecule has 0 radical (unpaired) electrons. The average molecular weight is 775 g/mol. The molecular formula is C49H90O6. The minimum Gasteiger partial charge on any atom is -0.462 e. The average Bonchev–Trinajstić information content (AvgIpc) is 3.18. The predicted molar refractivity (Wildman–Crippen MR) is 233 cm³/mol. The SMILES string of the molecule is CCCC/C=C\C/C=C\CCCCCCCC(=O)OCC(COC(=O)CCCCCCCCCCC)OC(=O)CCCCCCCCCCCCCCCC. The summed E-state index contributed by atoms with van der Waals surface area (Å²) < 4.78 is 16.7. The Morgan fingerprint density at radius 2 is 0.673 bits per heavy atom. The van der Waals surface area contributed by atoms with E-state index in [0.717, 1.165) is 77.0 Å². The molecule has 6 heteroatoms. The van der Waals surface area contributed by atoms with Gasteiger partial charge < -0.3 is 14.2 Å². The molecule has 1 unspecified atom stereocenters. The number of allylic oxidation sites excluding steroid dienone is 4. The lowest BCUT2D eigenvalue weighted by Crippen LogP contribution is -2.30. The van der Waals surface area contributed by atoms with E-state index in [9.17, 15) is 14.4 Å². The highest BCUT2D eigenvalue weighted by atomic mass is 16.6. The van der Waals surface area contributed by atoms with Crippen LogP contribution in [0.15, 0.2) is 24.3 Å². The van der Waals surface area contributed by atoms with Gasteiger partial charge in [0.15, 0.2) is 6.10 Å². The van der Waals surface area contributed by atoms with Crippen molar-refractivity contribution in [1.29, 1.82) is 0 Å². The van der Waals surface area contributed by atoms with E-state index in [1.165, 1.54) is 135 Å². The molecule has 0 aromatic rings. The minimum atomic E-state index is -0.768. The quantitative estimate of drug-likeness (QED) is 0.0266. The van der Waals surface area contributed by atoms with E-state index in [4.69, 9.17) is 14.2 Å². The number of hydrogen-bond donors (Lipinski definition) is 0. The van der Waals surface area contributed by atoms with Gasteiger partial charge in [-0.25, -0.2) is 0 Å². The van der Waals surface area contributed by atoms with Crippen LogP contribution < -0.4 is 0 Å². The van der Waals surface area contributed by atoms with E-state index in [2.05, 4.69) is 45.1 Å². The fraction of sp³-hybridized carbons (Fsp3) is 0.857. The highest BCUT2D eigenvalue weighted by molar-refractivity contribution is 5.71. The van der Waals surface area contributed by atoms with Gasteiger partial charge >= 0.3 is 17.9 Å². The first-order valence-corrected chi connectivity index (χ1v) is 23.8. The summed E-state index contributed by atoms with van der Waals surface area (Å²) in [4.78, 5) is 37.7. The number of esters is 3. The molecule has 0 aliphatic rings. The second-order valence-electron chi connectivity index (χ2n) is 16.0. The third-order valence-electron chi connectivity index (χ3n) is 10.5. The van der Waals surface area contributed by atoms with Crippen LogP contribution in [0.3, 0.4) is 0 Å². The molecule has 322 valence electrons. The number of carbonyl (C=O) groups is 3. The number of unbranched alkanes of at least 4 members (excludes halogenated alkanes) is 28. The van der Waals surface area contributed by atoms with Crippen LogP contribution in [0.5, 0.6) is 0 Å². The van der Waals surface area contributed by atoms with E-state index < -0.39 is 6.10 Å². The first-order chi connectivity index (χ1) is 27.0. The summed E-state index contributed by atoms with van der Waals surface area (Å²) in [5.74, 6) is -0.880. The zero-order valence-electron chi connectivity index (χ0n) is 36.7. The van der Waals surface area contributed by atoms with Gasteiger partial charge in [0.05, 0.1) is 0 Å². The maximum absolute atomic E-state index is 12.7. The summed E-state index contributed by atoms with van der Waals surface area (Å²) in [5, 5.41) is 0. The van der Waals surface area contributed by atoms with Gasteiger partial charge in [0.2, 0.25) is 0 Å². The Kier molecular flexibility index (Phi) is 42.9. The zero-order chi connectivity index (χ0) is 40.1. The van der Waals surface area contributed by atoms with Crippen molar-refractivity contribution in [3.8, 4) is 0 Å². The molecule has 0 bridgehead atoms. The van der Waals surface area contributed by atoms with E-state index in [-0.39, 0.29) is 31.1 Å². The van der Waals surface area contributed by atoms with Crippen molar-refractivity contribution < 1.29 is 28.6 Å². The molecule has 0 saturated heterocycles. The third kappa shape index (κ3) is 42.9. The largest absolute Gasteiger partial charge is 0.462 e. The summed E-state index contributed by atoms with van der Waals surface area (Å²) in [6, 6.07) is 0. The van der Waals surface area contributed by atoms with Crippen LogP contribution in [-0.4, -0.2) is 37.2 Å². The Hall–Kier alpha value is -2.11. The molecule has 6 nitrogen and oxygen atoms in total. The van der Waals surface area contributed by atoms with E-state index in [1.54, 1.807) is 0 Å². The lowest BCUT2D eigenvalue weighted by atomic mass is 10.0. The summed E-state index contributed by atoms with van der Waals surface area (Å²) in [6.07, 6.45) is 48.7. The Labute approximate surface area is 341 Å². The van der Waals surface area contributed by atoms with Crippen molar-refractivity contribution in [3.63, 3.8) is 0 Å². The van der Waals surface area contributed by atoms with Gasteiger partial charge in [0.1, 0.15) is 13.2 Å². The molecular weight excluding hydrogens is 685 g/mol. The van der Waals surface area contributed by atoms with Crippen molar-refractivity contribution in [2.75, 3.05) is 13.2 Å². The topological polar surface area (TPSA) is 78.9 Å². The first kappa shape index (κ1) is 52.9. The Balaban J connectivity index is 4.34. The summed E-state index contributed by atoms with van der Waals surface area (Å²) >= 11 is 0. The van der Waals surface area contributed by atoms with Gasteiger partial charge in [-0.15, -0.1) is 0 Å². The molecule has 0 spiro atoms. The van der Waals surface area contributed by atoms with Gasteiger partial charge in [-0.3, -0.25) is 14.4 Å². The van der Waals surface area contributed by atoms with Crippen molar-refractivity contribution in [2.45, 2.75) is 258 Å². The van der Waals surface area contributed by atoms with Crippen LogP contribution in [0, 0.1) is 0 Å². The van der Waals surface area contributed by atoms with Gasteiger partial charge in [-0.2, -0.15) is 0 Å². The molecule has 55 heavy (non-hydrogen) atoms. The molecule has 0 rings (SSSR count). The van der Waals surface area contributed by atoms with Gasteiger partial charge in [0, 0.05) is 19.3 Å². The fourth-order valence-electron chi connectivity index (χ4n) is 6.81. The zero-order valence-corrected chi connectivity index (χ0v) is 36.7. The minimum absolute atomic E-state index is 0.0718. The van der Waals surface area contributed by atoms with Crippen molar-refractivity contribution in [1.82, 2.24) is 0 Å². The summed E-state index contributed by atoms with van der Waals surface area (Å²) in [5.41, 5.74) is 0. The van der Waals surface area contributed by atoms with Crippen molar-refractivity contribution in [2.24, 2.45) is 0 Å². The number of hydrogen-bond acceptors (Lipinski definition) is 6. The van der Waals surface area contributed by atoms with Gasteiger partial charge in [-0.1, -0.05) is 212 Å². The standard InChI is InChI=1S/C49H90O6/c1-4-7-10-13-16-19-21-23-25-27-30-33-36-39-42-48(51)54-45-46(44-53-47(50)41-38-35-32-29-18-15-12-9-6-3)55-49(52)43-40-37-34-31-28-26-24-22-20-17-14-11-8-5-2/h13,16,21,23,46H,4-12,14-15,17-20,22,24-45H2,1-3H3/b16-13-,23-21-.